The Hall–Kier alpha value is -0.570. The summed E-state index contributed by atoms with van der Waals surface area (Å²) in [5, 5.41) is 2.92. The fourth-order valence-electron chi connectivity index (χ4n) is 1.48. The maximum atomic E-state index is 11.1. The van der Waals surface area contributed by atoms with Crippen LogP contribution in [-0.2, 0) is 9.53 Å². The Morgan fingerprint density at radius 3 is 2.75 bits per heavy atom. The van der Waals surface area contributed by atoms with E-state index < -0.39 is 0 Å². The summed E-state index contributed by atoms with van der Waals surface area (Å²) in [7, 11) is 1.84. The van der Waals surface area contributed by atoms with Gasteiger partial charge in [0.25, 0.3) is 0 Å². The lowest BCUT2D eigenvalue weighted by Gasteiger charge is -2.10. The highest BCUT2D eigenvalue weighted by Gasteiger charge is 2.18. The molecule has 0 radical (unpaired) electrons. The predicted molar refractivity (Wildman–Crippen MR) is 46.9 cm³/mol. The average molecular weight is 171 g/mol. The van der Waals surface area contributed by atoms with Gasteiger partial charge in [0.15, 0.2) is 0 Å². The first-order chi connectivity index (χ1) is 5.83. The topological polar surface area (TPSA) is 38.3 Å². The van der Waals surface area contributed by atoms with Crippen molar-refractivity contribution in [3.63, 3.8) is 0 Å². The Morgan fingerprint density at radius 1 is 1.50 bits per heavy atom. The minimum absolute atomic E-state index is 0.0590. The Balaban J connectivity index is 2.08. The van der Waals surface area contributed by atoms with E-state index in [2.05, 4.69) is 5.32 Å². The lowest BCUT2D eigenvalue weighted by Crippen LogP contribution is -2.19. The van der Waals surface area contributed by atoms with E-state index in [1.54, 1.807) is 0 Å². The molecule has 0 atom stereocenters. The second-order valence-corrected chi connectivity index (χ2v) is 3.25. The van der Waals surface area contributed by atoms with Gasteiger partial charge in [-0.2, -0.15) is 0 Å². The molecule has 1 saturated carbocycles. The van der Waals surface area contributed by atoms with E-state index in [0.29, 0.717) is 13.0 Å². The molecule has 1 N–H and O–H groups in total. The first kappa shape index (κ1) is 9.52. The molecule has 3 nitrogen and oxygen atoms in total. The number of carbonyl (C=O) groups is 1. The van der Waals surface area contributed by atoms with Crippen LogP contribution in [0.3, 0.4) is 0 Å². The lowest BCUT2D eigenvalue weighted by molar-refractivity contribution is -0.148. The van der Waals surface area contributed by atoms with Crippen molar-refractivity contribution in [2.45, 2.75) is 38.2 Å². The second kappa shape index (κ2) is 5.14. The molecule has 0 aliphatic heterocycles. The van der Waals surface area contributed by atoms with Gasteiger partial charge in [-0.15, -0.1) is 0 Å². The summed E-state index contributed by atoms with van der Waals surface area (Å²) in [4.78, 5) is 11.1. The Labute approximate surface area is 73.5 Å². The highest BCUT2D eigenvalue weighted by atomic mass is 16.5. The third kappa shape index (κ3) is 3.22. The molecule has 0 amide bonds. The molecule has 0 saturated heterocycles. The van der Waals surface area contributed by atoms with Crippen LogP contribution in [0.2, 0.25) is 0 Å². The standard InChI is InChI=1S/C9H17NO2/c1-10-7-6-9(11)12-8-4-2-3-5-8/h8,10H,2-7H2,1H3. The molecule has 1 aliphatic carbocycles. The molecular formula is C9H17NO2. The first-order valence-corrected chi connectivity index (χ1v) is 4.67. The highest BCUT2D eigenvalue weighted by molar-refractivity contribution is 5.69. The molecule has 0 unspecified atom stereocenters. The molecule has 0 bridgehead atoms. The van der Waals surface area contributed by atoms with Crippen LogP contribution >= 0.6 is 0 Å². The largest absolute Gasteiger partial charge is 0.462 e. The Morgan fingerprint density at radius 2 is 2.17 bits per heavy atom. The van der Waals surface area contributed by atoms with Crippen LogP contribution in [0.4, 0.5) is 0 Å². The van der Waals surface area contributed by atoms with Crippen LogP contribution in [0, 0.1) is 0 Å². The molecule has 0 aromatic rings. The molecule has 0 aromatic carbocycles. The van der Waals surface area contributed by atoms with Crippen LogP contribution in [0.5, 0.6) is 0 Å². The van der Waals surface area contributed by atoms with E-state index in [1.807, 2.05) is 7.05 Å². The third-order valence-electron chi connectivity index (χ3n) is 2.18. The van der Waals surface area contributed by atoms with Gasteiger partial charge in [-0.25, -0.2) is 0 Å². The summed E-state index contributed by atoms with van der Waals surface area (Å²) < 4.78 is 5.23. The van der Waals surface area contributed by atoms with E-state index >= 15 is 0 Å². The summed E-state index contributed by atoms with van der Waals surface area (Å²) in [6, 6.07) is 0. The normalized spacial score (nSPS) is 18.1. The summed E-state index contributed by atoms with van der Waals surface area (Å²) in [6.07, 6.45) is 5.26. The van der Waals surface area contributed by atoms with Crippen molar-refractivity contribution in [2.75, 3.05) is 13.6 Å². The van der Waals surface area contributed by atoms with Gasteiger partial charge < -0.3 is 10.1 Å². The van der Waals surface area contributed by atoms with Crippen molar-refractivity contribution in [1.82, 2.24) is 5.32 Å². The number of carbonyl (C=O) groups excluding carboxylic acids is 1. The zero-order chi connectivity index (χ0) is 8.81. The van der Waals surface area contributed by atoms with Crippen LogP contribution < -0.4 is 5.32 Å². The Kier molecular flexibility index (Phi) is 4.08. The summed E-state index contributed by atoms with van der Waals surface area (Å²) in [5.41, 5.74) is 0. The summed E-state index contributed by atoms with van der Waals surface area (Å²) >= 11 is 0. The fraction of sp³-hybridized carbons (Fsp3) is 0.889. The SMILES string of the molecule is CNCCC(=O)OC1CCCC1. The molecule has 0 heterocycles. The fourth-order valence-corrected chi connectivity index (χ4v) is 1.48. The second-order valence-electron chi connectivity index (χ2n) is 3.25. The van der Waals surface area contributed by atoms with Crippen molar-refractivity contribution in [3.05, 3.63) is 0 Å². The van der Waals surface area contributed by atoms with Gasteiger partial charge in [-0.05, 0) is 32.7 Å². The number of esters is 1. The average Bonchev–Trinajstić information content (AvgIpc) is 2.53. The van der Waals surface area contributed by atoms with E-state index in [4.69, 9.17) is 4.74 Å². The number of rotatable bonds is 4. The molecule has 70 valence electrons. The van der Waals surface area contributed by atoms with Crippen LogP contribution in [0.1, 0.15) is 32.1 Å². The van der Waals surface area contributed by atoms with Crippen molar-refractivity contribution in [3.8, 4) is 0 Å². The van der Waals surface area contributed by atoms with Gasteiger partial charge in [0.05, 0.1) is 6.42 Å². The van der Waals surface area contributed by atoms with Gasteiger partial charge in [-0.1, -0.05) is 0 Å². The number of ether oxygens (including phenoxy) is 1. The number of hydrogen-bond acceptors (Lipinski definition) is 3. The summed E-state index contributed by atoms with van der Waals surface area (Å²) in [6.45, 7) is 0.714. The van der Waals surface area contributed by atoms with Gasteiger partial charge in [-0.3, -0.25) is 4.79 Å². The smallest absolute Gasteiger partial charge is 0.307 e. The quantitative estimate of drug-likeness (QED) is 0.643. The molecule has 3 heteroatoms. The third-order valence-corrected chi connectivity index (χ3v) is 2.18. The zero-order valence-corrected chi connectivity index (χ0v) is 7.64. The van der Waals surface area contributed by atoms with Crippen molar-refractivity contribution < 1.29 is 9.53 Å². The highest BCUT2D eigenvalue weighted by Crippen LogP contribution is 2.21. The van der Waals surface area contributed by atoms with Gasteiger partial charge >= 0.3 is 5.97 Å². The van der Waals surface area contributed by atoms with E-state index in [-0.39, 0.29) is 12.1 Å². The monoisotopic (exact) mass is 171 g/mol. The van der Waals surface area contributed by atoms with Crippen LogP contribution in [-0.4, -0.2) is 25.7 Å². The Bertz CT molecular complexity index is 141. The van der Waals surface area contributed by atoms with E-state index in [9.17, 15) is 4.79 Å². The summed E-state index contributed by atoms with van der Waals surface area (Å²) in [5.74, 6) is -0.0590. The van der Waals surface area contributed by atoms with Crippen molar-refractivity contribution >= 4 is 5.97 Å². The zero-order valence-electron chi connectivity index (χ0n) is 7.64. The van der Waals surface area contributed by atoms with Crippen molar-refractivity contribution in [2.24, 2.45) is 0 Å². The molecular weight excluding hydrogens is 154 g/mol. The van der Waals surface area contributed by atoms with Gasteiger partial charge in [0.2, 0.25) is 0 Å². The first-order valence-electron chi connectivity index (χ1n) is 4.67. The van der Waals surface area contributed by atoms with Crippen molar-refractivity contribution in [1.29, 1.82) is 0 Å². The number of nitrogens with one attached hydrogen (secondary N) is 1. The van der Waals surface area contributed by atoms with Crippen LogP contribution in [0.15, 0.2) is 0 Å². The molecule has 1 rings (SSSR count). The minimum atomic E-state index is -0.0590. The number of hydrogen-bond donors (Lipinski definition) is 1. The molecule has 1 fully saturated rings. The van der Waals surface area contributed by atoms with Crippen LogP contribution in [0.25, 0.3) is 0 Å². The van der Waals surface area contributed by atoms with E-state index in [1.165, 1.54) is 12.8 Å². The minimum Gasteiger partial charge on any atom is -0.462 e. The maximum absolute atomic E-state index is 11.1. The van der Waals surface area contributed by atoms with E-state index in [0.717, 1.165) is 12.8 Å². The van der Waals surface area contributed by atoms with Gasteiger partial charge in [0, 0.05) is 6.54 Å². The molecule has 0 spiro atoms. The van der Waals surface area contributed by atoms with Gasteiger partial charge in [0.1, 0.15) is 6.10 Å². The molecule has 1 aliphatic rings. The predicted octanol–water partition coefficient (Wildman–Crippen LogP) is 1.08. The lowest BCUT2D eigenvalue weighted by atomic mass is 10.3. The molecule has 12 heavy (non-hydrogen) atoms. The molecule has 0 aromatic heterocycles. The maximum Gasteiger partial charge on any atom is 0.307 e.